The van der Waals surface area contributed by atoms with Gasteiger partial charge in [0.25, 0.3) is 0 Å². The number of carbonyl (C=O) groups excluding carboxylic acids is 3. The van der Waals surface area contributed by atoms with Crippen molar-refractivity contribution >= 4 is 17.7 Å². The van der Waals surface area contributed by atoms with Gasteiger partial charge in [-0.25, -0.2) is 0 Å². The van der Waals surface area contributed by atoms with Gasteiger partial charge < -0.3 is 22.5 Å². The SMILES string of the molecule is CC(NC(=O)C(N)CCC(N)=O)C(Cc1ccccc1)C(N)=O. The van der Waals surface area contributed by atoms with Crippen molar-refractivity contribution in [2.24, 2.45) is 23.1 Å². The van der Waals surface area contributed by atoms with Gasteiger partial charge in [0, 0.05) is 12.5 Å². The Kier molecular flexibility index (Phi) is 7.21. The molecule has 1 aromatic rings. The number of nitrogens with two attached hydrogens (primary N) is 3. The third kappa shape index (κ3) is 6.48. The van der Waals surface area contributed by atoms with E-state index < -0.39 is 35.7 Å². The summed E-state index contributed by atoms with van der Waals surface area (Å²) in [6, 6.07) is 8.08. The lowest BCUT2D eigenvalue weighted by atomic mass is 9.92. The molecule has 0 spiro atoms. The molecule has 0 aliphatic heterocycles. The highest BCUT2D eigenvalue weighted by Crippen LogP contribution is 2.13. The minimum atomic E-state index is -0.852. The Balaban J connectivity index is 2.63. The van der Waals surface area contributed by atoms with Crippen LogP contribution in [0.4, 0.5) is 0 Å². The zero-order valence-corrected chi connectivity index (χ0v) is 13.2. The Hall–Kier alpha value is -2.41. The first-order valence-corrected chi connectivity index (χ1v) is 7.48. The summed E-state index contributed by atoms with van der Waals surface area (Å²) in [5.74, 6) is -1.99. The van der Waals surface area contributed by atoms with Crippen molar-refractivity contribution in [2.75, 3.05) is 0 Å². The third-order valence-electron chi connectivity index (χ3n) is 3.68. The van der Waals surface area contributed by atoms with E-state index in [0.29, 0.717) is 6.42 Å². The number of rotatable bonds is 9. The zero-order chi connectivity index (χ0) is 17.4. The van der Waals surface area contributed by atoms with Crippen molar-refractivity contribution in [3.8, 4) is 0 Å². The highest BCUT2D eigenvalue weighted by Gasteiger charge is 2.26. The predicted octanol–water partition coefficient (Wildman–Crippen LogP) is -0.572. The molecule has 1 aromatic carbocycles. The molecule has 0 bridgehead atoms. The molecular weight excluding hydrogens is 296 g/mol. The smallest absolute Gasteiger partial charge is 0.237 e. The highest BCUT2D eigenvalue weighted by atomic mass is 16.2. The van der Waals surface area contributed by atoms with Crippen LogP contribution in [0.15, 0.2) is 30.3 Å². The Morgan fingerprint density at radius 3 is 2.26 bits per heavy atom. The van der Waals surface area contributed by atoms with Crippen LogP contribution in [0.2, 0.25) is 0 Å². The highest BCUT2D eigenvalue weighted by molar-refractivity contribution is 5.84. The van der Waals surface area contributed by atoms with Crippen LogP contribution >= 0.6 is 0 Å². The maximum Gasteiger partial charge on any atom is 0.237 e. The van der Waals surface area contributed by atoms with Crippen molar-refractivity contribution in [3.63, 3.8) is 0 Å². The second kappa shape index (κ2) is 8.89. The molecule has 0 aliphatic rings. The van der Waals surface area contributed by atoms with E-state index >= 15 is 0 Å². The summed E-state index contributed by atoms with van der Waals surface area (Å²) in [5.41, 5.74) is 17.1. The van der Waals surface area contributed by atoms with E-state index in [-0.39, 0.29) is 12.8 Å². The van der Waals surface area contributed by atoms with Gasteiger partial charge in [0.15, 0.2) is 0 Å². The summed E-state index contributed by atoms with van der Waals surface area (Å²) in [7, 11) is 0. The molecule has 3 unspecified atom stereocenters. The molecule has 3 atom stereocenters. The van der Waals surface area contributed by atoms with E-state index in [1.807, 2.05) is 30.3 Å². The predicted molar refractivity (Wildman–Crippen MR) is 86.8 cm³/mol. The fourth-order valence-electron chi connectivity index (χ4n) is 2.25. The molecule has 7 nitrogen and oxygen atoms in total. The summed E-state index contributed by atoms with van der Waals surface area (Å²) >= 11 is 0. The minimum absolute atomic E-state index is 0.0340. The molecule has 0 saturated carbocycles. The Bertz CT molecular complexity index is 548. The third-order valence-corrected chi connectivity index (χ3v) is 3.68. The maximum atomic E-state index is 12.0. The van der Waals surface area contributed by atoms with Crippen LogP contribution in [0.25, 0.3) is 0 Å². The Morgan fingerprint density at radius 1 is 1.13 bits per heavy atom. The summed E-state index contributed by atoms with van der Waals surface area (Å²) in [5, 5.41) is 2.69. The number of nitrogens with one attached hydrogen (secondary N) is 1. The van der Waals surface area contributed by atoms with E-state index in [9.17, 15) is 14.4 Å². The fraction of sp³-hybridized carbons (Fsp3) is 0.438. The molecule has 0 heterocycles. The van der Waals surface area contributed by atoms with Crippen LogP contribution in [-0.2, 0) is 20.8 Å². The summed E-state index contributed by atoms with van der Waals surface area (Å²) in [6.45, 7) is 1.71. The summed E-state index contributed by atoms with van der Waals surface area (Å²) in [4.78, 5) is 34.4. The lowest BCUT2D eigenvalue weighted by Gasteiger charge is -2.24. The maximum absolute atomic E-state index is 12.0. The molecule has 0 radical (unpaired) electrons. The normalized spacial score (nSPS) is 14.5. The van der Waals surface area contributed by atoms with Crippen LogP contribution < -0.4 is 22.5 Å². The van der Waals surface area contributed by atoms with E-state index in [1.165, 1.54) is 0 Å². The van der Waals surface area contributed by atoms with Gasteiger partial charge in [-0.05, 0) is 25.3 Å². The lowest BCUT2D eigenvalue weighted by Crippen LogP contribution is -2.50. The van der Waals surface area contributed by atoms with Crippen LogP contribution in [0, 0.1) is 5.92 Å². The zero-order valence-electron chi connectivity index (χ0n) is 13.2. The first kappa shape index (κ1) is 18.6. The molecule has 0 aliphatic carbocycles. The second-order valence-electron chi connectivity index (χ2n) is 5.61. The number of hydrogen-bond acceptors (Lipinski definition) is 4. The van der Waals surface area contributed by atoms with Gasteiger partial charge in [-0.2, -0.15) is 0 Å². The van der Waals surface area contributed by atoms with E-state index in [4.69, 9.17) is 17.2 Å². The molecule has 0 fully saturated rings. The van der Waals surface area contributed by atoms with Gasteiger partial charge in [-0.3, -0.25) is 14.4 Å². The van der Waals surface area contributed by atoms with Gasteiger partial charge >= 0.3 is 0 Å². The van der Waals surface area contributed by atoms with E-state index in [2.05, 4.69) is 5.32 Å². The molecule has 3 amide bonds. The first-order chi connectivity index (χ1) is 10.8. The number of benzene rings is 1. The van der Waals surface area contributed by atoms with Gasteiger partial charge in [0.05, 0.1) is 12.0 Å². The standard InChI is InChI=1S/C16H24N4O3/c1-10(20-16(23)13(17)7-8-14(18)21)12(15(19)22)9-11-5-3-2-4-6-11/h2-6,10,12-13H,7-9,17H2,1H3,(H2,18,21)(H2,19,22)(H,20,23). The van der Waals surface area contributed by atoms with Crippen molar-refractivity contribution in [1.29, 1.82) is 0 Å². The quantitative estimate of drug-likeness (QED) is 0.483. The van der Waals surface area contributed by atoms with Crippen LogP contribution in [0.1, 0.15) is 25.3 Å². The summed E-state index contributed by atoms with van der Waals surface area (Å²) in [6.07, 6.45) is 0.619. The largest absolute Gasteiger partial charge is 0.370 e. The summed E-state index contributed by atoms with van der Waals surface area (Å²) < 4.78 is 0. The van der Waals surface area contributed by atoms with Crippen molar-refractivity contribution < 1.29 is 14.4 Å². The number of primary amides is 2. The van der Waals surface area contributed by atoms with Gasteiger partial charge in [-0.15, -0.1) is 0 Å². The monoisotopic (exact) mass is 320 g/mol. The van der Waals surface area contributed by atoms with Crippen molar-refractivity contribution in [1.82, 2.24) is 5.32 Å². The molecule has 7 heteroatoms. The van der Waals surface area contributed by atoms with E-state index in [1.54, 1.807) is 6.92 Å². The lowest BCUT2D eigenvalue weighted by molar-refractivity contribution is -0.125. The Morgan fingerprint density at radius 2 is 1.74 bits per heavy atom. The fourth-order valence-corrected chi connectivity index (χ4v) is 2.25. The number of amides is 3. The molecule has 0 saturated heterocycles. The number of carbonyl (C=O) groups is 3. The average Bonchev–Trinajstić information content (AvgIpc) is 2.50. The topological polar surface area (TPSA) is 141 Å². The van der Waals surface area contributed by atoms with Gasteiger partial charge in [0.2, 0.25) is 17.7 Å². The first-order valence-electron chi connectivity index (χ1n) is 7.48. The molecule has 7 N–H and O–H groups in total. The van der Waals surface area contributed by atoms with E-state index in [0.717, 1.165) is 5.56 Å². The van der Waals surface area contributed by atoms with Crippen molar-refractivity contribution in [3.05, 3.63) is 35.9 Å². The molecule has 23 heavy (non-hydrogen) atoms. The minimum Gasteiger partial charge on any atom is -0.370 e. The molecule has 126 valence electrons. The average molecular weight is 320 g/mol. The number of hydrogen-bond donors (Lipinski definition) is 4. The Labute approximate surface area is 135 Å². The van der Waals surface area contributed by atoms with Gasteiger partial charge in [0.1, 0.15) is 0 Å². The molecule has 0 aromatic heterocycles. The van der Waals surface area contributed by atoms with Crippen molar-refractivity contribution in [2.45, 2.75) is 38.3 Å². The molecule has 1 rings (SSSR count). The van der Waals surface area contributed by atoms with Gasteiger partial charge in [-0.1, -0.05) is 30.3 Å². The second-order valence-corrected chi connectivity index (χ2v) is 5.61. The van der Waals surface area contributed by atoms with Crippen LogP contribution in [0.3, 0.4) is 0 Å². The molecular formula is C16H24N4O3. The van der Waals surface area contributed by atoms with Crippen LogP contribution in [-0.4, -0.2) is 29.8 Å². The van der Waals surface area contributed by atoms with Crippen LogP contribution in [0.5, 0.6) is 0 Å².